The van der Waals surface area contributed by atoms with Crippen LogP contribution in [-0.2, 0) is 12.6 Å². The molecule has 5 rings (SSSR count). The second-order valence-corrected chi connectivity index (χ2v) is 10.1. The highest BCUT2D eigenvalue weighted by Gasteiger charge is 2.35. The van der Waals surface area contributed by atoms with Crippen LogP contribution in [0.3, 0.4) is 0 Å². The number of benzene rings is 2. The zero-order valence-electron chi connectivity index (χ0n) is 22.2. The Bertz CT molecular complexity index is 1500. The first-order valence-electron chi connectivity index (χ1n) is 13.1. The smallest absolute Gasteiger partial charge is 0.321 e. The molecule has 0 aliphatic carbocycles. The summed E-state index contributed by atoms with van der Waals surface area (Å²) in [7, 11) is 2.01. The molecule has 0 atom stereocenters. The molecular formula is C30H29F3N6O. The third kappa shape index (κ3) is 6.34. The first kappa shape index (κ1) is 27.4. The van der Waals surface area contributed by atoms with Crippen LogP contribution in [0.1, 0.15) is 57.2 Å². The molecule has 1 N–H and O–H groups in total. The summed E-state index contributed by atoms with van der Waals surface area (Å²) in [6.45, 7) is 3.58. The third-order valence-corrected chi connectivity index (χ3v) is 7.28. The van der Waals surface area contributed by atoms with Crippen molar-refractivity contribution in [2.45, 2.75) is 38.3 Å². The van der Waals surface area contributed by atoms with Gasteiger partial charge in [-0.1, -0.05) is 12.1 Å². The Morgan fingerprint density at radius 3 is 2.52 bits per heavy atom. The zero-order valence-corrected chi connectivity index (χ0v) is 22.2. The molecule has 1 amide bonds. The highest BCUT2D eigenvalue weighted by molar-refractivity contribution is 6.05. The quantitative estimate of drug-likeness (QED) is 0.324. The van der Waals surface area contributed by atoms with Crippen molar-refractivity contribution in [3.05, 3.63) is 101 Å². The van der Waals surface area contributed by atoms with Gasteiger partial charge in [0, 0.05) is 30.6 Å². The van der Waals surface area contributed by atoms with Crippen LogP contribution >= 0.6 is 0 Å². The molecule has 7 nitrogen and oxygen atoms in total. The molecule has 2 aromatic heterocycles. The Hall–Kier alpha value is -4.18. The van der Waals surface area contributed by atoms with Gasteiger partial charge in [0.2, 0.25) is 0 Å². The Kier molecular flexibility index (Phi) is 7.88. The molecule has 10 heteroatoms. The number of hydrogen-bond acceptors (Lipinski definition) is 6. The fourth-order valence-corrected chi connectivity index (χ4v) is 4.93. The predicted molar refractivity (Wildman–Crippen MR) is 146 cm³/mol. The molecule has 0 radical (unpaired) electrons. The number of alkyl halides is 3. The maximum absolute atomic E-state index is 14.0. The van der Waals surface area contributed by atoms with E-state index in [4.69, 9.17) is 0 Å². The fourth-order valence-electron chi connectivity index (χ4n) is 4.93. The second kappa shape index (κ2) is 11.5. The third-order valence-electron chi connectivity index (χ3n) is 7.28. The highest BCUT2D eigenvalue weighted by Crippen LogP contribution is 2.38. The molecule has 206 valence electrons. The fraction of sp³-hybridized carbons (Fsp3) is 0.300. The Labute approximate surface area is 230 Å². The van der Waals surface area contributed by atoms with Gasteiger partial charge in [-0.15, -0.1) is 0 Å². The van der Waals surface area contributed by atoms with Crippen LogP contribution in [0.15, 0.2) is 67.3 Å². The van der Waals surface area contributed by atoms with Crippen LogP contribution < -0.4 is 5.32 Å². The average Bonchev–Trinajstić information content (AvgIpc) is 2.95. The molecule has 1 aliphatic rings. The lowest BCUT2D eigenvalue weighted by Crippen LogP contribution is -2.29. The number of aryl methyl sites for hydroxylation is 1. The number of amides is 1. The Morgan fingerprint density at radius 1 is 1.00 bits per heavy atom. The maximum atomic E-state index is 14.0. The normalized spacial score (nSPS) is 14.7. The molecule has 2 aromatic carbocycles. The molecule has 0 bridgehead atoms. The number of likely N-dealkylation sites (tertiary alicyclic amines) is 1. The molecule has 1 saturated heterocycles. The maximum Gasteiger partial charge on any atom is 0.418 e. The van der Waals surface area contributed by atoms with Gasteiger partial charge in [0.25, 0.3) is 5.91 Å². The summed E-state index contributed by atoms with van der Waals surface area (Å²) in [4.78, 5) is 32.6. The van der Waals surface area contributed by atoms with Crippen molar-refractivity contribution >= 4 is 11.6 Å². The number of piperidine rings is 1. The summed E-state index contributed by atoms with van der Waals surface area (Å²) in [6.07, 6.45) is 3.73. The van der Waals surface area contributed by atoms with Gasteiger partial charge in [-0.05, 0) is 92.8 Å². The van der Waals surface area contributed by atoms with Crippen molar-refractivity contribution in [3.63, 3.8) is 0 Å². The van der Waals surface area contributed by atoms with Gasteiger partial charge in [0.1, 0.15) is 11.5 Å². The van der Waals surface area contributed by atoms with E-state index in [2.05, 4.69) is 30.2 Å². The summed E-state index contributed by atoms with van der Waals surface area (Å²) < 4.78 is 42.1. The van der Waals surface area contributed by atoms with Gasteiger partial charge < -0.3 is 10.2 Å². The van der Waals surface area contributed by atoms with E-state index in [1.54, 1.807) is 55.1 Å². The standard InChI is InChI=1S/C30H29F3N6O/c1-19-3-4-22(15-23(19)17-28-36-10-7-26(37-28)27-18-34-11-12-35-27)29(40)38-25-6-5-21(16-24(25)30(31,32)33)20-8-13-39(2)14-9-20/h3-7,10-12,15-16,18,20H,8-9,13-14,17H2,1-2H3,(H,38,40). The summed E-state index contributed by atoms with van der Waals surface area (Å²) in [5.74, 6) is -0.0305. The molecule has 0 spiro atoms. The SMILES string of the molecule is Cc1ccc(C(=O)Nc2ccc(C3CCN(C)CC3)cc2C(F)(F)F)cc1Cc1nccc(-c2cnccn2)n1. The largest absolute Gasteiger partial charge is 0.418 e. The lowest BCUT2D eigenvalue weighted by atomic mass is 9.88. The van der Waals surface area contributed by atoms with Crippen LogP contribution in [0.5, 0.6) is 0 Å². The summed E-state index contributed by atoms with van der Waals surface area (Å²) >= 11 is 0. The van der Waals surface area contributed by atoms with Crippen molar-refractivity contribution in [3.8, 4) is 11.4 Å². The van der Waals surface area contributed by atoms with E-state index in [0.717, 1.165) is 37.1 Å². The van der Waals surface area contributed by atoms with Gasteiger partial charge in [-0.25, -0.2) is 9.97 Å². The Balaban J connectivity index is 1.36. The molecular weight excluding hydrogens is 517 g/mol. The van der Waals surface area contributed by atoms with Crippen LogP contribution in [0.25, 0.3) is 11.4 Å². The molecule has 4 aromatic rings. The number of hydrogen-bond donors (Lipinski definition) is 1. The summed E-state index contributed by atoms with van der Waals surface area (Å²) in [5.41, 5.74) is 2.74. The number of carbonyl (C=O) groups excluding carboxylic acids is 1. The van der Waals surface area contributed by atoms with E-state index in [-0.39, 0.29) is 17.2 Å². The van der Waals surface area contributed by atoms with Gasteiger partial charge in [-0.3, -0.25) is 14.8 Å². The number of halogens is 3. The number of aromatic nitrogens is 4. The van der Waals surface area contributed by atoms with Crippen molar-refractivity contribution in [2.75, 3.05) is 25.5 Å². The second-order valence-electron chi connectivity index (χ2n) is 10.1. The number of carbonyl (C=O) groups is 1. The van der Waals surface area contributed by atoms with Crippen molar-refractivity contribution in [1.82, 2.24) is 24.8 Å². The predicted octanol–water partition coefficient (Wildman–Crippen LogP) is 5.91. The number of nitrogens with zero attached hydrogens (tertiary/aromatic N) is 5. The molecule has 40 heavy (non-hydrogen) atoms. The van der Waals surface area contributed by atoms with Crippen molar-refractivity contribution < 1.29 is 18.0 Å². The molecule has 0 unspecified atom stereocenters. The lowest BCUT2D eigenvalue weighted by molar-refractivity contribution is -0.137. The van der Waals surface area contributed by atoms with E-state index >= 15 is 0 Å². The van der Waals surface area contributed by atoms with Crippen LogP contribution in [0.4, 0.5) is 18.9 Å². The van der Waals surface area contributed by atoms with E-state index < -0.39 is 17.6 Å². The zero-order chi connectivity index (χ0) is 28.3. The van der Waals surface area contributed by atoms with Gasteiger partial charge in [0.15, 0.2) is 0 Å². The molecule has 1 aliphatic heterocycles. The molecule has 3 heterocycles. The lowest BCUT2D eigenvalue weighted by Gasteiger charge is -2.29. The topological polar surface area (TPSA) is 83.9 Å². The van der Waals surface area contributed by atoms with Crippen molar-refractivity contribution in [2.24, 2.45) is 0 Å². The van der Waals surface area contributed by atoms with E-state index in [9.17, 15) is 18.0 Å². The van der Waals surface area contributed by atoms with Crippen molar-refractivity contribution in [1.29, 1.82) is 0 Å². The minimum atomic E-state index is -4.60. The monoisotopic (exact) mass is 546 g/mol. The first-order chi connectivity index (χ1) is 19.2. The van der Waals surface area contributed by atoms with E-state index in [1.807, 2.05) is 14.0 Å². The van der Waals surface area contributed by atoms with Crippen LogP contribution in [-0.4, -0.2) is 50.9 Å². The summed E-state index contributed by atoms with van der Waals surface area (Å²) in [6, 6.07) is 11.0. The minimum absolute atomic E-state index is 0.0661. The Morgan fingerprint density at radius 2 is 1.80 bits per heavy atom. The average molecular weight is 547 g/mol. The van der Waals surface area contributed by atoms with Gasteiger partial charge in [0.05, 0.1) is 23.1 Å². The number of nitrogens with one attached hydrogen (secondary N) is 1. The van der Waals surface area contributed by atoms with Crippen LogP contribution in [0, 0.1) is 6.92 Å². The minimum Gasteiger partial charge on any atom is -0.321 e. The number of anilines is 1. The van der Waals surface area contributed by atoms with Gasteiger partial charge >= 0.3 is 6.18 Å². The van der Waals surface area contributed by atoms with Gasteiger partial charge in [-0.2, -0.15) is 13.2 Å². The first-order valence-corrected chi connectivity index (χ1v) is 13.1. The number of rotatable bonds is 6. The molecule has 1 fully saturated rings. The summed E-state index contributed by atoms with van der Waals surface area (Å²) in [5, 5.41) is 2.50. The van der Waals surface area contributed by atoms with E-state index in [1.165, 1.54) is 12.1 Å². The molecule has 0 saturated carbocycles. The van der Waals surface area contributed by atoms with E-state index in [0.29, 0.717) is 29.2 Å². The van der Waals surface area contributed by atoms with Crippen LogP contribution in [0.2, 0.25) is 0 Å². The highest BCUT2D eigenvalue weighted by atomic mass is 19.4.